The van der Waals surface area contributed by atoms with Crippen LogP contribution in [0.15, 0.2) is 36.4 Å². The Bertz CT molecular complexity index is 610. The largest absolute Gasteiger partial charge is 0.291 e. The normalized spacial score (nSPS) is 14.6. The molecule has 1 unspecified atom stereocenters. The third-order valence-electron chi connectivity index (χ3n) is 3.95. The molecule has 3 heteroatoms. The Morgan fingerprint density at radius 1 is 1.33 bits per heavy atom. The number of hydrogen-bond donors (Lipinski definition) is 0. The summed E-state index contributed by atoms with van der Waals surface area (Å²) in [4.78, 5) is 17.3. The van der Waals surface area contributed by atoms with Crippen molar-refractivity contribution >= 4 is 27.3 Å². The molecule has 21 heavy (non-hydrogen) atoms. The molecule has 2 aromatic rings. The van der Waals surface area contributed by atoms with Crippen molar-refractivity contribution in [2.24, 2.45) is 5.41 Å². The highest BCUT2D eigenvalue weighted by atomic mass is 32.1. The van der Waals surface area contributed by atoms with Crippen LogP contribution in [-0.2, 0) is 0 Å². The number of carbonyl (C=O) groups is 1. The summed E-state index contributed by atoms with van der Waals surface area (Å²) < 4.78 is 1.08. The summed E-state index contributed by atoms with van der Waals surface area (Å²) in [7, 11) is 0. The number of unbranched alkanes of at least 4 members (excludes halogenated alkanes) is 2. The van der Waals surface area contributed by atoms with E-state index in [0.717, 1.165) is 23.1 Å². The Morgan fingerprint density at radius 2 is 2.10 bits per heavy atom. The minimum Gasteiger partial charge on any atom is -0.291 e. The zero-order chi connectivity index (χ0) is 15.3. The van der Waals surface area contributed by atoms with Crippen LogP contribution in [0.5, 0.6) is 0 Å². The van der Waals surface area contributed by atoms with E-state index in [1.165, 1.54) is 24.2 Å². The summed E-state index contributed by atoms with van der Waals surface area (Å²) in [6, 6.07) is 7.92. The van der Waals surface area contributed by atoms with Crippen molar-refractivity contribution in [3.05, 3.63) is 41.4 Å². The Balaban J connectivity index is 2.24. The second-order valence-electron chi connectivity index (χ2n) is 5.63. The molecule has 0 aliphatic carbocycles. The van der Waals surface area contributed by atoms with Crippen molar-refractivity contribution in [1.82, 2.24) is 4.98 Å². The van der Waals surface area contributed by atoms with E-state index in [-0.39, 0.29) is 5.78 Å². The van der Waals surface area contributed by atoms with Crippen LogP contribution in [0.1, 0.15) is 56.3 Å². The molecular weight excluding hydrogens is 278 g/mol. The maximum absolute atomic E-state index is 12.8. The summed E-state index contributed by atoms with van der Waals surface area (Å²) in [6.45, 7) is 6.26. The van der Waals surface area contributed by atoms with Crippen LogP contribution in [0, 0.1) is 5.41 Å². The van der Waals surface area contributed by atoms with Crippen molar-refractivity contribution in [2.45, 2.75) is 46.5 Å². The highest BCUT2D eigenvalue weighted by Crippen LogP contribution is 2.32. The SMILES string of the molecule is CCCCC=CC(C)(CC)C(=O)c1nc2ccccc2s1. The van der Waals surface area contributed by atoms with Crippen LogP contribution in [0.2, 0.25) is 0 Å². The lowest BCUT2D eigenvalue weighted by Crippen LogP contribution is -2.24. The van der Waals surface area contributed by atoms with Crippen LogP contribution < -0.4 is 0 Å². The Kier molecular flexibility index (Phi) is 5.29. The van der Waals surface area contributed by atoms with Gasteiger partial charge in [0.15, 0.2) is 5.01 Å². The quantitative estimate of drug-likeness (QED) is 0.376. The molecule has 0 aliphatic heterocycles. The Morgan fingerprint density at radius 3 is 2.76 bits per heavy atom. The molecule has 1 aromatic carbocycles. The van der Waals surface area contributed by atoms with Crippen molar-refractivity contribution in [2.75, 3.05) is 0 Å². The number of carbonyl (C=O) groups excluding carboxylic acids is 1. The number of ketones is 1. The van der Waals surface area contributed by atoms with E-state index in [4.69, 9.17) is 0 Å². The van der Waals surface area contributed by atoms with E-state index in [1.54, 1.807) is 0 Å². The minimum atomic E-state index is -0.443. The number of thiazole rings is 1. The second-order valence-corrected chi connectivity index (χ2v) is 6.66. The molecule has 0 saturated heterocycles. The predicted molar refractivity (Wildman–Crippen MR) is 91.0 cm³/mol. The van der Waals surface area contributed by atoms with Crippen molar-refractivity contribution < 1.29 is 4.79 Å². The lowest BCUT2D eigenvalue weighted by Gasteiger charge is -2.21. The molecule has 0 amide bonds. The van der Waals surface area contributed by atoms with Gasteiger partial charge in [0, 0.05) is 0 Å². The molecule has 2 rings (SSSR count). The van der Waals surface area contributed by atoms with Gasteiger partial charge in [0.1, 0.15) is 0 Å². The number of rotatable bonds is 7. The van der Waals surface area contributed by atoms with Crippen molar-refractivity contribution in [3.8, 4) is 0 Å². The molecule has 1 heterocycles. The molecule has 0 spiro atoms. The number of hydrogen-bond acceptors (Lipinski definition) is 3. The number of para-hydroxylation sites is 1. The van der Waals surface area contributed by atoms with E-state index >= 15 is 0 Å². The van der Waals surface area contributed by atoms with Crippen LogP contribution in [0.25, 0.3) is 10.2 Å². The van der Waals surface area contributed by atoms with Crippen LogP contribution in [-0.4, -0.2) is 10.8 Å². The molecule has 0 radical (unpaired) electrons. The number of nitrogens with zero attached hydrogens (tertiary/aromatic N) is 1. The Hall–Kier alpha value is -1.48. The van der Waals surface area contributed by atoms with Gasteiger partial charge < -0.3 is 0 Å². The van der Waals surface area contributed by atoms with Gasteiger partial charge in [0.05, 0.1) is 15.6 Å². The molecule has 1 atom stereocenters. The fourth-order valence-corrected chi connectivity index (χ4v) is 3.28. The fourth-order valence-electron chi connectivity index (χ4n) is 2.23. The molecule has 0 bridgehead atoms. The van der Waals surface area contributed by atoms with E-state index < -0.39 is 5.41 Å². The first-order valence-electron chi connectivity index (χ1n) is 7.68. The summed E-state index contributed by atoms with van der Waals surface area (Å²) in [5, 5.41) is 0.626. The van der Waals surface area contributed by atoms with E-state index in [9.17, 15) is 4.79 Å². The molecule has 1 aromatic heterocycles. The van der Waals surface area contributed by atoms with Gasteiger partial charge in [-0.25, -0.2) is 4.98 Å². The third-order valence-corrected chi connectivity index (χ3v) is 4.99. The van der Waals surface area contributed by atoms with Gasteiger partial charge in [-0.05, 0) is 31.9 Å². The molecule has 0 saturated carbocycles. The second kappa shape index (κ2) is 6.99. The first-order valence-corrected chi connectivity index (χ1v) is 8.50. The predicted octanol–water partition coefficient (Wildman–Crippen LogP) is 5.64. The fraction of sp³-hybridized carbons (Fsp3) is 0.444. The zero-order valence-corrected chi connectivity index (χ0v) is 13.9. The van der Waals surface area contributed by atoms with E-state index in [1.807, 2.05) is 31.2 Å². The summed E-state index contributed by atoms with van der Waals surface area (Å²) in [5.74, 6) is 0.138. The van der Waals surface area contributed by atoms with Gasteiger partial charge in [-0.2, -0.15) is 0 Å². The van der Waals surface area contributed by atoms with E-state index in [0.29, 0.717) is 5.01 Å². The number of benzene rings is 1. The average molecular weight is 301 g/mol. The highest BCUT2D eigenvalue weighted by molar-refractivity contribution is 7.20. The van der Waals surface area contributed by atoms with Gasteiger partial charge >= 0.3 is 0 Å². The van der Waals surface area contributed by atoms with Gasteiger partial charge in [0.2, 0.25) is 5.78 Å². The summed E-state index contributed by atoms with van der Waals surface area (Å²) in [6.07, 6.45) is 8.42. The lowest BCUT2D eigenvalue weighted by molar-refractivity contribution is 0.0864. The number of allylic oxidation sites excluding steroid dienone is 2. The van der Waals surface area contributed by atoms with Crippen LogP contribution in [0.4, 0.5) is 0 Å². The highest BCUT2D eigenvalue weighted by Gasteiger charge is 2.31. The van der Waals surface area contributed by atoms with Crippen molar-refractivity contribution in [1.29, 1.82) is 0 Å². The first-order chi connectivity index (χ1) is 10.1. The topological polar surface area (TPSA) is 30.0 Å². The van der Waals surface area contributed by atoms with Gasteiger partial charge in [0.25, 0.3) is 0 Å². The maximum atomic E-state index is 12.8. The first kappa shape index (κ1) is 15.9. The summed E-state index contributed by atoms with van der Waals surface area (Å²) >= 11 is 1.50. The number of Topliss-reactive ketones (excluding diaryl/α,β-unsaturated/α-hetero) is 1. The molecular formula is C18H23NOS. The molecule has 0 aliphatic rings. The number of aromatic nitrogens is 1. The number of fused-ring (bicyclic) bond motifs is 1. The lowest BCUT2D eigenvalue weighted by atomic mass is 9.82. The molecule has 0 N–H and O–H groups in total. The monoisotopic (exact) mass is 301 g/mol. The minimum absolute atomic E-state index is 0.138. The third kappa shape index (κ3) is 3.59. The average Bonchev–Trinajstić information content (AvgIpc) is 2.94. The summed E-state index contributed by atoms with van der Waals surface area (Å²) in [5.41, 5.74) is 0.473. The van der Waals surface area contributed by atoms with Gasteiger partial charge in [-0.15, -0.1) is 11.3 Å². The maximum Gasteiger partial charge on any atom is 0.200 e. The van der Waals surface area contributed by atoms with Crippen LogP contribution >= 0.6 is 11.3 Å². The van der Waals surface area contributed by atoms with E-state index in [2.05, 4.69) is 31.0 Å². The standard InChI is InChI=1S/C18H23NOS/c1-4-6-7-10-13-18(3,5-2)16(20)17-19-14-11-8-9-12-15(14)21-17/h8-13H,4-7H2,1-3H3. The Labute approximate surface area is 130 Å². The molecule has 0 fully saturated rings. The van der Waals surface area contributed by atoms with Gasteiger partial charge in [-0.1, -0.05) is 51.0 Å². The van der Waals surface area contributed by atoms with Crippen LogP contribution in [0.3, 0.4) is 0 Å². The van der Waals surface area contributed by atoms with Crippen molar-refractivity contribution in [3.63, 3.8) is 0 Å². The zero-order valence-electron chi connectivity index (χ0n) is 13.1. The van der Waals surface area contributed by atoms with Gasteiger partial charge in [-0.3, -0.25) is 4.79 Å². The molecule has 112 valence electrons. The molecule has 2 nitrogen and oxygen atoms in total. The smallest absolute Gasteiger partial charge is 0.200 e.